The van der Waals surface area contributed by atoms with Gasteiger partial charge in [-0.05, 0) is 39.2 Å². The van der Waals surface area contributed by atoms with Crippen molar-refractivity contribution < 1.29 is 9.53 Å². The lowest BCUT2D eigenvalue weighted by Gasteiger charge is -2.35. The minimum Gasteiger partial charge on any atom is -0.381 e. The minimum absolute atomic E-state index is 0.0512. The SMILES string of the molecule is CCNC(=O)N1CC2N=C(N(N)C3CCOCC3)NC=C2C1(C)C. The van der Waals surface area contributed by atoms with Crippen molar-refractivity contribution in [1.29, 1.82) is 0 Å². The number of hydrogen-bond acceptors (Lipinski definition) is 6. The van der Waals surface area contributed by atoms with Crippen LogP contribution in [-0.4, -0.2) is 65.8 Å². The first-order chi connectivity index (χ1) is 11.4. The molecule has 0 saturated carbocycles. The van der Waals surface area contributed by atoms with Crippen LogP contribution in [0.5, 0.6) is 0 Å². The Morgan fingerprint density at radius 3 is 2.92 bits per heavy atom. The van der Waals surface area contributed by atoms with Gasteiger partial charge in [0.05, 0.1) is 17.6 Å². The zero-order valence-corrected chi connectivity index (χ0v) is 14.7. The molecule has 0 spiro atoms. The predicted molar refractivity (Wildman–Crippen MR) is 92.2 cm³/mol. The number of amides is 2. The van der Waals surface area contributed by atoms with Gasteiger partial charge in [-0.1, -0.05) is 0 Å². The van der Waals surface area contributed by atoms with Crippen molar-refractivity contribution in [2.24, 2.45) is 10.8 Å². The van der Waals surface area contributed by atoms with E-state index in [1.54, 1.807) is 5.01 Å². The molecule has 0 aromatic carbocycles. The summed E-state index contributed by atoms with van der Waals surface area (Å²) >= 11 is 0. The largest absolute Gasteiger partial charge is 0.381 e. The monoisotopic (exact) mass is 336 g/mol. The number of aliphatic imine (C=N–C) groups is 1. The number of carbonyl (C=O) groups excluding carboxylic acids is 1. The predicted octanol–water partition coefficient (Wildman–Crippen LogP) is 0.377. The Morgan fingerprint density at radius 2 is 2.25 bits per heavy atom. The first-order valence-corrected chi connectivity index (χ1v) is 8.67. The fourth-order valence-corrected chi connectivity index (χ4v) is 3.63. The van der Waals surface area contributed by atoms with Crippen LogP contribution in [0.15, 0.2) is 16.8 Å². The Hall–Kier alpha value is -1.80. The maximum atomic E-state index is 12.3. The molecule has 1 unspecified atom stereocenters. The third-order valence-electron chi connectivity index (χ3n) is 5.13. The number of nitrogens with zero attached hydrogens (tertiary/aromatic N) is 3. The molecule has 2 fully saturated rings. The standard InChI is InChI=1S/C16H28N6O2/c1-4-18-15(23)21-10-13-12(16(21,2)3)9-19-14(20-13)22(17)11-5-7-24-8-6-11/h9,11,13H,4-8,10,17H2,1-3H3,(H,18,23)(H,19,20). The summed E-state index contributed by atoms with van der Waals surface area (Å²) in [7, 11) is 0. The third-order valence-corrected chi connectivity index (χ3v) is 5.13. The number of hydrogen-bond donors (Lipinski definition) is 3. The van der Waals surface area contributed by atoms with Crippen molar-refractivity contribution in [3.8, 4) is 0 Å². The van der Waals surface area contributed by atoms with E-state index in [4.69, 9.17) is 15.6 Å². The van der Waals surface area contributed by atoms with Crippen molar-refractivity contribution >= 4 is 12.0 Å². The molecule has 8 heteroatoms. The van der Waals surface area contributed by atoms with Gasteiger partial charge in [0.2, 0.25) is 5.96 Å². The van der Waals surface area contributed by atoms with Crippen LogP contribution in [0.25, 0.3) is 0 Å². The topological polar surface area (TPSA) is 95.2 Å². The number of nitrogens with two attached hydrogens (primary N) is 1. The van der Waals surface area contributed by atoms with Gasteiger partial charge >= 0.3 is 6.03 Å². The highest BCUT2D eigenvalue weighted by molar-refractivity contribution is 5.83. The highest BCUT2D eigenvalue weighted by atomic mass is 16.5. The van der Waals surface area contributed by atoms with Crippen LogP contribution >= 0.6 is 0 Å². The zero-order chi connectivity index (χ0) is 17.3. The number of urea groups is 1. The number of carbonyl (C=O) groups is 1. The van der Waals surface area contributed by atoms with Gasteiger partial charge in [-0.3, -0.25) is 5.01 Å². The lowest BCUT2D eigenvalue weighted by molar-refractivity contribution is 0.0542. The maximum absolute atomic E-state index is 12.3. The van der Waals surface area contributed by atoms with Crippen LogP contribution in [0.3, 0.4) is 0 Å². The molecule has 3 aliphatic heterocycles. The van der Waals surface area contributed by atoms with Gasteiger partial charge in [0.25, 0.3) is 0 Å². The summed E-state index contributed by atoms with van der Waals surface area (Å²) in [5.41, 5.74) is 0.738. The van der Waals surface area contributed by atoms with Gasteiger partial charge in [-0.2, -0.15) is 0 Å². The number of hydrazine groups is 1. The van der Waals surface area contributed by atoms with Crippen LogP contribution in [0.1, 0.15) is 33.6 Å². The van der Waals surface area contributed by atoms with Crippen LogP contribution in [0.2, 0.25) is 0 Å². The van der Waals surface area contributed by atoms with E-state index in [-0.39, 0.29) is 23.7 Å². The van der Waals surface area contributed by atoms with Gasteiger partial charge in [-0.15, -0.1) is 0 Å². The molecule has 3 heterocycles. The van der Waals surface area contributed by atoms with E-state index in [1.165, 1.54) is 0 Å². The van der Waals surface area contributed by atoms with E-state index in [9.17, 15) is 4.79 Å². The fourth-order valence-electron chi connectivity index (χ4n) is 3.63. The molecule has 8 nitrogen and oxygen atoms in total. The normalized spacial score (nSPS) is 26.2. The summed E-state index contributed by atoms with van der Waals surface area (Å²) in [6, 6.07) is 0.127. The lowest BCUT2D eigenvalue weighted by atomic mass is 9.93. The molecule has 0 radical (unpaired) electrons. The smallest absolute Gasteiger partial charge is 0.318 e. The minimum atomic E-state index is -0.371. The van der Waals surface area contributed by atoms with Crippen molar-refractivity contribution in [3.63, 3.8) is 0 Å². The molecule has 3 rings (SSSR count). The van der Waals surface area contributed by atoms with Crippen LogP contribution in [0.4, 0.5) is 4.79 Å². The van der Waals surface area contributed by atoms with Crippen LogP contribution in [-0.2, 0) is 4.74 Å². The summed E-state index contributed by atoms with van der Waals surface area (Å²) in [6.45, 7) is 8.66. The number of guanidine groups is 1. The Balaban J connectivity index is 1.75. The van der Waals surface area contributed by atoms with E-state index in [0.717, 1.165) is 31.6 Å². The molecule has 134 valence electrons. The maximum Gasteiger partial charge on any atom is 0.318 e. The summed E-state index contributed by atoms with van der Waals surface area (Å²) in [4.78, 5) is 19.0. The second-order valence-electron chi connectivity index (χ2n) is 6.97. The van der Waals surface area contributed by atoms with Gasteiger partial charge in [0, 0.05) is 32.5 Å². The molecular formula is C16H28N6O2. The number of nitrogens with one attached hydrogen (secondary N) is 2. The second-order valence-corrected chi connectivity index (χ2v) is 6.97. The molecule has 3 aliphatic rings. The quantitative estimate of drug-likeness (QED) is 0.500. The first kappa shape index (κ1) is 17.0. The molecule has 0 aromatic heterocycles. The van der Waals surface area contributed by atoms with Crippen molar-refractivity contribution in [1.82, 2.24) is 20.5 Å². The lowest BCUT2D eigenvalue weighted by Crippen LogP contribution is -2.53. The van der Waals surface area contributed by atoms with Gasteiger partial charge in [-0.25, -0.2) is 15.6 Å². The highest BCUT2D eigenvalue weighted by Crippen LogP contribution is 2.36. The molecule has 2 amide bonds. The Bertz CT molecular complexity index is 553. The molecule has 0 aromatic rings. The summed E-state index contributed by atoms with van der Waals surface area (Å²) in [5.74, 6) is 6.95. The van der Waals surface area contributed by atoms with Crippen molar-refractivity contribution in [3.05, 3.63) is 11.8 Å². The third kappa shape index (κ3) is 2.95. The number of fused-ring (bicyclic) bond motifs is 1. The van der Waals surface area contributed by atoms with E-state index in [2.05, 4.69) is 24.5 Å². The molecule has 4 N–H and O–H groups in total. The summed E-state index contributed by atoms with van der Waals surface area (Å²) < 4.78 is 5.39. The average Bonchev–Trinajstić information content (AvgIpc) is 2.86. The van der Waals surface area contributed by atoms with E-state index in [1.807, 2.05) is 18.0 Å². The average molecular weight is 336 g/mol. The number of likely N-dealkylation sites (tertiary alicyclic amines) is 1. The summed E-state index contributed by atoms with van der Waals surface area (Å²) in [5, 5.41) is 7.82. The first-order valence-electron chi connectivity index (χ1n) is 8.67. The van der Waals surface area contributed by atoms with Gasteiger partial charge in [0.15, 0.2) is 0 Å². The van der Waals surface area contributed by atoms with Gasteiger partial charge < -0.3 is 20.3 Å². The number of ether oxygens (including phenoxy) is 1. The van der Waals surface area contributed by atoms with Crippen molar-refractivity contribution in [2.75, 3.05) is 26.3 Å². The molecule has 0 aliphatic carbocycles. The molecular weight excluding hydrogens is 308 g/mol. The van der Waals surface area contributed by atoms with E-state index < -0.39 is 0 Å². The molecule has 1 atom stereocenters. The Kier molecular flexibility index (Phi) is 4.69. The van der Waals surface area contributed by atoms with Gasteiger partial charge in [0.1, 0.15) is 0 Å². The molecule has 0 bridgehead atoms. The Morgan fingerprint density at radius 1 is 1.54 bits per heavy atom. The number of rotatable bonds is 2. The highest BCUT2D eigenvalue weighted by Gasteiger charge is 2.47. The van der Waals surface area contributed by atoms with E-state index >= 15 is 0 Å². The molecule has 24 heavy (non-hydrogen) atoms. The van der Waals surface area contributed by atoms with Crippen LogP contribution < -0.4 is 16.5 Å². The van der Waals surface area contributed by atoms with E-state index in [0.29, 0.717) is 19.0 Å². The zero-order valence-electron chi connectivity index (χ0n) is 14.7. The Labute approximate surface area is 143 Å². The summed E-state index contributed by atoms with van der Waals surface area (Å²) in [6.07, 6.45) is 3.76. The second kappa shape index (κ2) is 6.60. The van der Waals surface area contributed by atoms with Crippen LogP contribution in [0, 0.1) is 0 Å². The molecule has 2 saturated heterocycles. The fraction of sp³-hybridized carbons (Fsp3) is 0.750. The van der Waals surface area contributed by atoms with Crippen molar-refractivity contribution in [2.45, 2.75) is 51.2 Å².